The zero-order chi connectivity index (χ0) is 9.97. The van der Waals surface area contributed by atoms with Crippen LogP contribution in [0.1, 0.15) is 25.1 Å². The molecule has 14 heavy (non-hydrogen) atoms. The summed E-state index contributed by atoms with van der Waals surface area (Å²) < 4.78 is 5.03. The standard InChI is InChI=1S/C9H16N4O/c1-2-9-11-8(12-14-9)6-13-4-3-7(10)5-13/h7H,2-6,10H2,1H3/t7-/m1/s1. The Morgan fingerprint density at radius 1 is 1.64 bits per heavy atom. The molecule has 0 spiro atoms. The number of hydrogen-bond acceptors (Lipinski definition) is 5. The van der Waals surface area contributed by atoms with Gasteiger partial charge in [-0.1, -0.05) is 12.1 Å². The fourth-order valence-corrected chi connectivity index (χ4v) is 1.70. The molecule has 0 amide bonds. The van der Waals surface area contributed by atoms with Gasteiger partial charge in [0.15, 0.2) is 5.82 Å². The topological polar surface area (TPSA) is 68.2 Å². The zero-order valence-corrected chi connectivity index (χ0v) is 8.44. The van der Waals surface area contributed by atoms with Crippen LogP contribution in [0.5, 0.6) is 0 Å². The first-order chi connectivity index (χ1) is 6.78. The fraction of sp³-hybridized carbons (Fsp3) is 0.778. The van der Waals surface area contributed by atoms with E-state index in [-0.39, 0.29) is 0 Å². The zero-order valence-electron chi connectivity index (χ0n) is 8.44. The van der Waals surface area contributed by atoms with Gasteiger partial charge in [0.25, 0.3) is 0 Å². The van der Waals surface area contributed by atoms with Crippen LogP contribution in [0.4, 0.5) is 0 Å². The Kier molecular flexibility index (Phi) is 2.79. The molecular weight excluding hydrogens is 180 g/mol. The van der Waals surface area contributed by atoms with Crippen molar-refractivity contribution >= 4 is 0 Å². The molecule has 0 bridgehead atoms. The van der Waals surface area contributed by atoms with Gasteiger partial charge in [-0.25, -0.2) is 0 Å². The maximum absolute atomic E-state index is 5.80. The van der Waals surface area contributed by atoms with E-state index in [1.807, 2.05) is 6.92 Å². The predicted molar refractivity (Wildman–Crippen MR) is 51.5 cm³/mol. The van der Waals surface area contributed by atoms with Crippen molar-refractivity contribution in [3.8, 4) is 0 Å². The second-order valence-electron chi connectivity index (χ2n) is 3.74. The predicted octanol–water partition coefficient (Wildman–Crippen LogP) is 0.165. The minimum Gasteiger partial charge on any atom is -0.339 e. The lowest BCUT2D eigenvalue weighted by Crippen LogP contribution is -2.26. The summed E-state index contributed by atoms with van der Waals surface area (Å²) in [5, 5.41) is 3.91. The summed E-state index contributed by atoms with van der Waals surface area (Å²) in [4.78, 5) is 6.52. The Balaban J connectivity index is 1.90. The van der Waals surface area contributed by atoms with E-state index in [1.165, 1.54) is 0 Å². The van der Waals surface area contributed by atoms with Crippen LogP contribution in [0.3, 0.4) is 0 Å². The van der Waals surface area contributed by atoms with Gasteiger partial charge in [0.2, 0.25) is 5.89 Å². The number of aryl methyl sites for hydroxylation is 1. The Morgan fingerprint density at radius 3 is 3.07 bits per heavy atom. The van der Waals surface area contributed by atoms with Crippen molar-refractivity contribution in [3.05, 3.63) is 11.7 Å². The molecule has 0 aromatic carbocycles. The van der Waals surface area contributed by atoms with E-state index in [4.69, 9.17) is 10.3 Å². The summed E-state index contributed by atoms with van der Waals surface area (Å²) >= 11 is 0. The highest BCUT2D eigenvalue weighted by molar-refractivity contribution is 4.88. The third-order valence-corrected chi connectivity index (χ3v) is 2.49. The van der Waals surface area contributed by atoms with Gasteiger partial charge in [0.05, 0.1) is 6.54 Å². The monoisotopic (exact) mass is 196 g/mol. The summed E-state index contributed by atoms with van der Waals surface area (Å²) in [7, 11) is 0. The van der Waals surface area contributed by atoms with E-state index in [0.717, 1.165) is 38.3 Å². The smallest absolute Gasteiger partial charge is 0.226 e. The number of likely N-dealkylation sites (tertiary alicyclic amines) is 1. The van der Waals surface area contributed by atoms with E-state index in [0.29, 0.717) is 11.9 Å². The summed E-state index contributed by atoms with van der Waals surface area (Å²) in [6.07, 6.45) is 1.87. The molecule has 1 aliphatic rings. The molecular formula is C9H16N4O. The summed E-state index contributed by atoms with van der Waals surface area (Å²) in [6.45, 7) is 4.74. The number of hydrogen-bond donors (Lipinski definition) is 1. The molecule has 0 radical (unpaired) electrons. The fourth-order valence-electron chi connectivity index (χ4n) is 1.70. The number of rotatable bonds is 3. The molecule has 1 atom stereocenters. The van der Waals surface area contributed by atoms with E-state index in [2.05, 4.69) is 15.0 Å². The molecule has 2 heterocycles. The molecule has 2 N–H and O–H groups in total. The minimum atomic E-state index is 0.313. The SMILES string of the molecule is CCc1nc(CN2CC[C@@H](N)C2)no1. The van der Waals surface area contributed by atoms with Crippen LogP contribution in [0.15, 0.2) is 4.52 Å². The third kappa shape index (κ3) is 2.10. The average Bonchev–Trinajstić information content (AvgIpc) is 2.76. The van der Waals surface area contributed by atoms with E-state index in [9.17, 15) is 0 Å². The van der Waals surface area contributed by atoms with Gasteiger partial charge in [-0.05, 0) is 6.42 Å². The van der Waals surface area contributed by atoms with Crippen molar-refractivity contribution in [1.82, 2.24) is 15.0 Å². The molecule has 0 aliphatic carbocycles. The van der Waals surface area contributed by atoms with Crippen LogP contribution in [0.2, 0.25) is 0 Å². The largest absolute Gasteiger partial charge is 0.339 e. The van der Waals surface area contributed by atoms with Crippen molar-refractivity contribution in [2.75, 3.05) is 13.1 Å². The van der Waals surface area contributed by atoms with Crippen LogP contribution in [-0.4, -0.2) is 34.2 Å². The lowest BCUT2D eigenvalue weighted by atomic mass is 10.3. The first-order valence-electron chi connectivity index (χ1n) is 5.07. The number of aromatic nitrogens is 2. The minimum absolute atomic E-state index is 0.313. The molecule has 1 aliphatic heterocycles. The quantitative estimate of drug-likeness (QED) is 0.746. The van der Waals surface area contributed by atoms with Crippen molar-refractivity contribution in [2.24, 2.45) is 5.73 Å². The van der Waals surface area contributed by atoms with Gasteiger partial charge in [-0.2, -0.15) is 4.98 Å². The van der Waals surface area contributed by atoms with Crippen molar-refractivity contribution in [1.29, 1.82) is 0 Å². The molecule has 5 nitrogen and oxygen atoms in total. The molecule has 1 saturated heterocycles. The van der Waals surface area contributed by atoms with E-state index >= 15 is 0 Å². The van der Waals surface area contributed by atoms with Gasteiger partial charge in [-0.15, -0.1) is 0 Å². The first-order valence-corrected chi connectivity index (χ1v) is 5.07. The molecule has 2 rings (SSSR count). The highest BCUT2D eigenvalue weighted by Gasteiger charge is 2.20. The maximum atomic E-state index is 5.80. The second-order valence-corrected chi connectivity index (χ2v) is 3.74. The molecule has 0 saturated carbocycles. The maximum Gasteiger partial charge on any atom is 0.226 e. The number of nitrogens with zero attached hydrogens (tertiary/aromatic N) is 3. The molecule has 78 valence electrons. The number of nitrogens with two attached hydrogens (primary N) is 1. The second kappa shape index (κ2) is 4.06. The molecule has 1 fully saturated rings. The summed E-state index contributed by atoms with van der Waals surface area (Å²) in [5.74, 6) is 1.49. The third-order valence-electron chi connectivity index (χ3n) is 2.49. The van der Waals surface area contributed by atoms with Crippen LogP contribution >= 0.6 is 0 Å². The van der Waals surface area contributed by atoms with Crippen LogP contribution < -0.4 is 5.73 Å². The normalized spacial score (nSPS) is 23.1. The Morgan fingerprint density at radius 2 is 2.50 bits per heavy atom. The van der Waals surface area contributed by atoms with Gasteiger partial charge in [0, 0.05) is 25.6 Å². The van der Waals surface area contributed by atoms with Crippen LogP contribution in [0, 0.1) is 0 Å². The molecule has 0 unspecified atom stereocenters. The summed E-state index contributed by atoms with van der Waals surface area (Å²) in [6, 6.07) is 0.313. The van der Waals surface area contributed by atoms with Crippen molar-refractivity contribution < 1.29 is 4.52 Å². The lowest BCUT2D eigenvalue weighted by molar-refractivity contribution is 0.306. The average molecular weight is 196 g/mol. The van der Waals surface area contributed by atoms with Gasteiger partial charge >= 0.3 is 0 Å². The Bertz CT molecular complexity index is 299. The van der Waals surface area contributed by atoms with Crippen LogP contribution in [-0.2, 0) is 13.0 Å². The van der Waals surface area contributed by atoms with Crippen molar-refractivity contribution in [2.45, 2.75) is 32.4 Å². The molecule has 1 aromatic heterocycles. The Hall–Kier alpha value is -0.940. The molecule has 1 aromatic rings. The van der Waals surface area contributed by atoms with Gasteiger partial charge < -0.3 is 10.3 Å². The van der Waals surface area contributed by atoms with Gasteiger partial charge in [-0.3, -0.25) is 4.90 Å². The summed E-state index contributed by atoms with van der Waals surface area (Å²) in [5.41, 5.74) is 5.80. The van der Waals surface area contributed by atoms with Gasteiger partial charge in [0.1, 0.15) is 0 Å². The highest BCUT2D eigenvalue weighted by atomic mass is 16.5. The Labute approximate surface area is 83.3 Å². The van der Waals surface area contributed by atoms with E-state index < -0.39 is 0 Å². The highest BCUT2D eigenvalue weighted by Crippen LogP contribution is 2.10. The molecule has 5 heteroatoms. The van der Waals surface area contributed by atoms with E-state index in [1.54, 1.807) is 0 Å². The van der Waals surface area contributed by atoms with Crippen molar-refractivity contribution in [3.63, 3.8) is 0 Å². The lowest BCUT2D eigenvalue weighted by Gasteiger charge is -2.11. The van der Waals surface area contributed by atoms with Crippen LogP contribution in [0.25, 0.3) is 0 Å². The first kappa shape index (κ1) is 9.61.